The molecule has 0 aliphatic heterocycles. The maximum atomic E-state index is 13.3. The van der Waals surface area contributed by atoms with Gasteiger partial charge in [0, 0.05) is 21.8 Å². The highest BCUT2D eigenvalue weighted by Crippen LogP contribution is 2.37. The van der Waals surface area contributed by atoms with Gasteiger partial charge in [-0.25, -0.2) is 0 Å². The lowest BCUT2D eigenvalue weighted by Crippen LogP contribution is -2.19. The van der Waals surface area contributed by atoms with E-state index >= 15 is 0 Å². The third kappa shape index (κ3) is 6.47. The summed E-state index contributed by atoms with van der Waals surface area (Å²) in [5.74, 6) is 0.196. The van der Waals surface area contributed by atoms with Gasteiger partial charge in [-0.2, -0.15) is 0 Å². The second-order valence-corrected chi connectivity index (χ2v) is 9.68. The second-order valence-electron chi connectivity index (χ2n) is 8.10. The predicted octanol–water partition coefficient (Wildman–Crippen LogP) is 7.38. The molecule has 36 heavy (non-hydrogen) atoms. The molecule has 0 spiro atoms. The number of carbonyl (C=O) groups excluding carboxylic acids is 2. The number of amides is 2. The van der Waals surface area contributed by atoms with Crippen LogP contribution in [0.1, 0.15) is 26.7 Å². The molecular formula is C29H25ClN2O3S. The Hall–Kier alpha value is -3.74. The number of methoxy groups -OCH3 is 1. The monoisotopic (exact) mass is 516 g/mol. The summed E-state index contributed by atoms with van der Waals surface area (Å²) in [6.45, 7) is 1.95. The SMILES string of the molecule is COc1ccc(NC(=O)C(Sc2ccc(NC(=O)c3cccc(C)c3)cc2)c2ccccc2)cc1Cl. The number of thioether (sulfide) groups is 1. The molecule has 0 radical (unpaired) electrons. The second kappa shape index (κ2) is 11.8. The lowest BCUT2D eigenvalue weighted by molar-refractivity contribution is -0.115. The zero-order valence-corrected chi connectivity index (χ0v) is 21.4. The summed E-state index contributed by atoms with van der Waals surface area (Å²) in [4.78, 5) is 26.8. The van der Waals surface area contributed by atoms with Gasteiger partial charge in [0.25, 0.3) is 5.91 Å². The molecule has 0 aliphatic carbocycles. The minimum atomic E-state index is -0.500. The van der Waals surface area contributed by atoms with Gasteiger partial charge in [0.2, 0.25) is 5.91 Å². The molecular weight excluding hydrogens is 492 g/mol. The van der Waals surface area contributed by atoms with E-state index in [0.717, 1.165) is 16.0 Å². The lowest BCUT2D eigenvalue weighted by atomic mass is 10.1. The fourth-order valence-corrected chi connectivity index (χ4v) is 4.88. The van der Waals surface area contributed by atoms with Crippen LogP contribution >= 0.6 is 23.4 Å². The first-order chi connectivity index (χ1) is 17.4. The smallest absolute Gasteiger partial charge is 0.255 e. The highest BCUT2D eigenvalue weighted by atomic mass is 35.5. The van der Waals surface area contributed by atoms with E-state index in [-0.39, 0.29) is 11.8 Å². The van der Waals surface area contributed by atoms with Gasteiger partial charge in [0.1, 0.15) is 11.0 Å². The van der Waals surface area contributed by atoms with E-state index in [1.165, 1.54) is 11.8 Å². The van der Waals surface area contributed by atoms with E-state index in [1.54, 1.807) is 31.4 Å². The average molecular weight is 517 g/mol. The van der Waals surface area contributed by atoms with Crippen LogP contribution in [0.5, 0.6) is 5.75 Å². The van der Waals surface area contributed by atoms with Crippen LogP contribution in [-0.4, -0.2) is 18.9 Å². The van der Waals surface area contributed by atoms with Crippen molar-refractivity contribution in [1.29, 1.82) is 0 Å². The molecule has 0 fully saturated rings. The van der Waals surface area contributed by atoms with Crippen molar-refractivity contribution >= 4 is 46.6 Å². The van der Waals surface area contributed by atoms with Crippen LogP contribution in [0.3, 0.4) is 0 Å². The third-order valence-corrected chi connectivity index (χ3v) is 6.97. The van der Waals surface area contributed by atoms with E-state index in [4.69, 9.17) is 16.3 Å². The van der Waals surface area contributed by atoms with Crippen molar-refractivity contribution in [2.24, 2.45) is 0 Å². The van der Waals surface area contributed by atoms with Crippen molar-refractivity contribution in [2.45, 2.75) is 17.1 Å². The summed E-state index contributed by atoms with van der Waals surface area (Å²) in [6.07, 6.45) is 0. The number of hydrogen-bond acceptors (Lipinski definition) is 4. The normalized spacial score (nSPS) is 11.4. The molecule has 4 rings (SSSR count). The first-order valence-corrected chi connectivity index (χ1v) is 12.5. The minimum Gasteiger partial charge on any atom is -0.495 e. The summed E-state index contributed by atoms with van der Waals surface area (Å²) in [7, 11) is 1.54. The van der Waals surface area contributed by atoms with Crippen molar-refractivity contribution in [3.63, 3.8) is 0 Å². The van der Waals surface area contributed by atoms with Gasteiger partial charge in [-0.05, 0) is 67.1 Å². The molecule has 1 unspecified atom stereocenters. The van der Waals surface area contributed by atoms with Crippen molar-refractivity contribution in [2.75, 3.05) is 17.7 Å². The molecule has 5 nitrogen and oxygen atoms in total. The van der Waals surface area contributed by atoms with Gasteiger partial charge < -0.3 is 15.4 Å². The molecule has 7 heteroatoms. The largest absolute Gasteiger partial charge is 0.495 e. The van der Waals surface area contributed by atoms with Crippen molar-refractivity contribution in [3.8, 4) is 5.75 Å². The zero-order valence-electron chi connectivity index (χ0n) is 19.8. The molecule has 4 aromatic carbocycles. The van der Waals surface area contributed by atoms with Crippen molar-refractivity contribution in [1.82, 2.24) is 0 Å². The Bertz CT molecular complexity index is 1360. The van der Waals surface area contributed by atoms with Crippen molar-refractivity contribution in [3.05, 3.63) is 119 Å². The topological polar surface area (TPSA) is 67.4 Å². The summed E-state index contributed by atoms with van der Waals surface area (Å²) >= 11 is 7.65. The molecule has 0 heterocycles. The summed E-state index contributed by atoms with van der Waals surface area (Å²) < 4.78 is 5.19. The minimum absolute atomic E-state index is 0.168. The molecule has 1 atom stereocenters. The first kappa shape index (κ1) is 25.4. The van der Waals surface area contributed by atoms with Gasteiger partial charge in [-0.15, -0.1) is 11.8 Å². The number of hydrogen-bond donors (Lipinski definition) is 2. The number of ether oxygens (including phenoxy) is 1. The quantitative estimate of drug-likeness (QED) is 0.240. The molecule has 0 saturated carbocycles. The maximum Gasteiger partial charge on any atom is 0.255 e. The number of benzene rings is 4. The highest BCUT2D eigenvalue weighted by molar-refractivity contribution is 8.00. The Morgan fingerprint density at radius 3 is 2.22 bits per heavy atom. The zero-order chi connectivity index (χ0) is 25.5. The van der Waals surface area contributed by atoms with E-state index in [1.807, 2.05) is 79.7 Å². The number of aryl methyl sites for hydroxylation is 1. The Kier molecular flexibility index (Phi) is 8.31. The fraction of sp³-hybridized carbons (Fsp3) is 0.103. The number of halogens is 1. The van der Waals surface area contributed by atoms with E-state index in [2.05, 4.69) is 10.6 Å². The first-order valence-electron chi connectivity index (χ1n) is 11.3. The van der Waals surface area contributed by atoms with Crippen LogP contribution in [0, 0.1) is 6.92 Å². The maximum absolute atomic E-state index is 13.3. The van der Waals surface area contributed by atoms with E-state index in [0.29, 0.717) is 27.7 Å². The molecule has 2 amide bonds. The van der Waals surface area contributed by atoms with Crippen LogP contribution in [0.15, 0.2) is 102 Å². The number of anilines is 2. The Morgan fingerprint density at radius 1 is 0.833 bits per heavy atom. The third-order valence-electron chi connectivity index (χ3n) is 5.41. The average Bonchev–Trinajstić information content (AvgIpc) is 2.89. The summed E-state index contributed by atoms with van der Waals surface area (Å²) in [6, 6.07) is 29.6. The Morgan fingerprint density at radius 2 is 1.56 bits per heavy atom. The van der Waals surface area contributed by atoms with Crippen LogP contribution in [0.4, 0.5) is 11.4 Å². The molecule has 0 bridgehead atoms. The van der Waals surface area contributed by atoms with Gasteiger partial charge >= 0.3 is 0 Å². The van der Waals surface area contributed by atoms with Crippen LogP contribution in [-0.2, 0) is 4.79 Å². The highest BCUT2D eigenvalue weighted by Gasteiger charge is 2.22. The van der Waals surface area contributed by atoms with E-state index < -0.39 is 5.25 Å². The lowest BCUT2D eigenvalue weighted by Gasteiger charge is -2.18. The molecule has 2 N–H and O–H groups in total. The number of rotatable bonds is 8. The summed E-state index contributed by atoms with van der Waals surface area (Å²) in [5.41, 5.74) is 3.77. The summed E-state index contributed by atoms with van der Waals surface area (Å²) in [5, 5.41) is 5.79. The standard InChI is InChI=1S/C29H25ClN2O3S/c1-19-7-6-10-21(17-19)28(33)31-22-11-14-24(15-12-22)36-27(20-8-4-3-5-9-20)29(34)32-23-13-16-26(35-2)25(30)18-23/h3-18,27H,1-2H3,(H,31,33)(H,32,34). The van der Waals surface area contributed by atoms with Crippen LogP contribution in [0.2, 0.25) is 5.02 Å². The number of carbonyl (C=O) groups is 2. The van der Waals surface area contributed by atoms with Crippen LogP contribution < -0.4 is 15.4 Å². The Labute approximate surface area is 219 Å². The number of nitrogens with one attached hydrogen (secondary N) is 2. The van der Waals surface area contributed by atoms with Gasteiger partial charge in [0.15, 0.2) is 0 Å². The van der Waals surface area contributed by atoms with Crippen LogP contribution in [0.25, 0.3) is 0 Å². The molecule has 0 aromatic heterocycles. The molecule has 0 saturated heterocycles. The van der Waals surface area contributed by atoms with Gasteiger partial charge in [-0.1, -0.05) is 59.6 Å². The van der Waals surface area contributed by atoms with Crippen molar-refractivity contribution < 1.29 is 14.3 Å². The molecule has 4 aromatic rings. The Balaban J connectivity index is 1.49. The van der Waals surface area contributed by atoms with Gasteiger partial charge in [-0.3, -0.25) is 9.59 Å². The van der Waals surface area contributed by atoms with Gasteiger partial charge in [0.05, 0.1) is 12.1 Å². The fourth-order valence-electron chi connectivity index (χ4n) is 3.60. The predicted molar refractivity (Wildman–Crippen MR) is 147 cm³/mol. The molecule has 0 aliphatic rings. The van der Waals surface area contributed by atoms with E-state index in [9.17, 15) is 9.59 Å². The molecule has 182 valence electrons.